The first-order valence-corrected chi connectivity index (χ1v) is 8.23. The van der Waals surface area contributed by atoms with Gasteiger partial charge in [0.2, 0.25) is 0 Å². The molecule has 4 nitrogen and oxygen atoms in total. The molecule has 1 aromatic rings. The molecule has 0 aliphatic carbocycles. The van der Waals surface area contributed by atoms with Crippen molar-refractivity contribution in [3.8, 4) is 0 Å². The van der Waals surface area contributed by atoms with Crippen LogP contribution in [0.4, 0.5) is 0 Å². The van der Waals surface area contributed by atoms with Crippen molar-refractivity contribution in [2.24, 2.45) is 0 Å². The van der Waals surface area contributed by atoms with Gasteiger partial charge in [-0.15, -0.1) is 11.3 Å². The van der Waals surface area contributed by atoms with E-state index in [0.29, 0.717) is 13.1 Å². The Bertz CT molecular complexity index is 487. The highest BCUT2D eigenvalue weighted by molar-refractivity contribution is 9.09. The molecule has 0 radical (unpaired) electrons. The molecule has 6 heteroatoms. The Morgan fingerprint density at radius 3 is 2.79 bits per heavy atom. The molecule has 0 spiro atoms. The quantitative estimate of drug-likeness (QED) is 0.773. The van der Waals surface area contributed by atoms with E-state index >= 15 is 0 Å². The van der Waals surface area contributed by atoms with Gasteiger partial charge in [0.25, 0.3) is 5.91 Å². The first-order valence-electron chi connectivity index (χ1n) is 6.29. The van der Waals surface area contributed by atoms with Gasteiger partial charge in [0.05, 0.1) is 22.4 Å². The largest absolute Gasteiger partial charge is 0.368 e. The highest BCUT2D eigenvalue weighted by Crippen LogP contribution is 2.26. The van der Waals surface area contributed by atoms with Crippen LogP contribution in [-0.2, 0) is 4.74 Å². The number of halogens is 1. The number of carbonyl (C=O) groups is 1. The Morgan fingerprint density at radius 2 is 2.26 bits per heavy atom. The summed E-state index contributed by atoms with van der Waals surface area (Å²) < 4.78 is 5.92. The Morgan fingerprint density at radius 1 is 1.58 bits per heavy atom. The minimum absolute atomic E-state index is 0.0435. The van der Waals surface area contributed by atoms with E-state index in [1.54, 1.807) is 0 Å². The molecular weight excluding hydrogens is 328 g/mol. The molecule has 19 heavy (non-hydrogen) atoms. The monoisotopic (exact) mass is 346 g/mol. The first kappa shape index (κ1) is 14.9. The van der Waals surface area contributed by atoms with Crippen LogP contribution in [0.1, 0.15) is 34.2 Å². The van der Waals surface area contributed by atoms with E-state index in [2.05, 4.69) is 20.9 Å². The van der Waals surface area contributed by atoms with Gasteiger partial charge in [0, 0.05) is 18.4 Å². The number of amides is 1. The Hall–Kier alpha value is -0.460. The van der Waals surface area contributed by atoms with Crippen LogP contribution < -0.4 is 0 Å². The molecule has 1 atom stereocenters. The van der Waals surface area contributed by atoms with E-state index in [-0.39, 0.29) is 17.6 Å². The molecule has 1 unspecified atom stereocenters. The van der Waals surface area contributed by atoms with E-state index in [4.69, 9.17) is 4.74 Å². The van der Waals surface area contributed by atoms with Crippen LogP contribution in [0.15, 0.2) is 0 Å². The van der Waals surface area contributed by atoms with Gasteiger partial charge in [-0.1, -0.05) is 15.9 Å². The number of carbonyl (C=O) groups excluding carboxylic acids is 1. The fourth-order valence-corrected chi connectivity index (χ4v) is 3.63. The number of hydrogen-bond acceptors (Lipinski definition) is 4. The highest BCUT2D eigenvalue weighted by Gasteiger charge is 2.36. The van der Waals surface area contributed by atoms with E-state index in [0.717, 1.165) is 20.9 Å². The van der Waals surface area contributed by atoms with Crippen LogP contribution in [-0.4, -0.2) is 45.9 Å². The maximum atomic E-state index is 12.6. The van der Waals surface area contributed by atoms with Crippen LogP contribution >= 0.6 is 27.3 Å². The van der Waals surface area contributed by atoms with E-state index < -0.39 is 0 Å². The Balaban J connectivity index is 2.21. The van der Waals surface area contributed by atoms with Gasteiger partial charge in [-0.25, -0.2) is 4.98 Å². The summed E-state index contributed by atoms with van der Waals surface area (Å²) in [7, 11) is 0. The van der Waals surface area contributed by atoms with E-state index in [9.17, 15) is 4.79 Å². The molecule has 106 valence electrons. The summed E-state index contributed by atoms with van der Waals surface area (Å²) >= 11 is 4.91. The number of aromatic nitrogens is 1. The molecule has 0 saturated carbocycles. The lowest BCUT2D eigenvalue weighted by Crippen LogP contribution is -2.55. The predicted molar refractivity (Wildman–Crippen MR) is 80.2 cm³/mol. The van der Waals surface area contributed by atoms with Crippen LogP contribution in [0.25, 0.3) is 0 Å². The summed E-state index contributed by atoms with van der Waals surface area (Å²) in [5.41, 5.74) is 0.521. The van der Waals surface area contributed by atoms with E-state index in [1.165, 1.54) is 11.3 Å². The minimum Gasteiger partial charge on any atom is -0.368 e. The standard InChI is InChI=1S/C13H19BrN2O2S/c1-8-11(19-9(2)15-8)12(17)16-6-10(5-14)18-13(3,4)7-16/h10H,5-7H2,1-4H3. The van der Waals surface area contributed by atoms with Gasteiger partial charge < -0.3 is 9.64 Å². The number of rotatable bonds is 2. The molecule has 1 saturated heterocycles. The molecule has 2 heterocycles. The first-order chi connectivity index (χ1) is 8.82. The van der Waals surface area contributed by atoms with Crippen molar-refractivity contribution in [1.29, 1.82) is 0 Å². The Kier molecular flexibility index (Phi) is 4.32. The zero-order chi connectivity index (χ0) is 14.2. The van der Waals surface area contributed by atoms with Crippen molar-refractivity contribution in [2.45, 2.75) is 39.4 Å². The normalized spacial score (nSPS) is 22.6. The number of aryl methyl sites for hydroxylation is 2. The van der Waals surface area contributed by atoms with Crippen LogP contribution in [0, 0.1) is 13.8 Å². The Labute approximate surface area is 126 Å². The molecule has 2 rings (SSSR count). The summed E-state index contributed by atoms with van der Waals surface area (Å²) in [5, 5.41) is 1.67. The van der Waals surface area contributed by atoms with Gasteiger partial charge in [-0.05, 0) is 27.7 Å². The SMILES string of the molecule is Cc1nc(C)c(C(=O)N2CC(CBr)OC(C)(C)C2)s1. The third kappa shape index (κ3) is 3.35. The van der Waals surface area contributed by atoms with Gasteiger partial charge >= 0.3 is 0 Å². The number of hydrogen-bond donors (Lipinski definition) is 0. The lowest BCUT2D eigenvalue weighted by atomic mass is 10.1. The van der Waals surface area contributed by atoms with Crippen molar-refractivity contribution < 1.29 is 9.53 Å². The fraction of sp³-hybridized carbons (Fsp3) is 0.692. The van der Waals surface area contributed by atoms with Crippen molar-refractivity contribution >= 4 is 33.2 Å². The average Bonchev–Trinajstić information content (AvgIpc) is 2.65. The second kappa shape index (κ2) is 5.50. The number of alkyl halides is 1. The van der Waals surface area contributed by atoms with Crippen molar-refractivity contribution in [3.63, 3.8) is 0 Å². The highest BCUT2D eigenvalue weighted by atomic mass is 79.9. The lowest BCUT2D eigenvalue weighted by molar-refractivity contribution is -0.116. The fourth-order valence-electron chi connectivity index (χ4n) is 2.40. The maximum absolute atomic E-state index is 12.6. The molecular formula is C13H19BrN2O2S. The average molecular weight is 347 g/mol. The zero-order valence-electron chi connectivity index (χ0n) is 11.7. The molecule has 1 aliphatic heterocycles. The molecule has 1 aromatic heterocycles. The molecule has 1 aliphatic rings. The summed E-state index contributed by atoms with van der Waals surface area (Å²) in [5.74, 6) is 0.0745. The van der Waals surface area contributed by atoms with Gasteiger partial charge in [0.1, 0.15) is 4.88 Å². The summed E-state index contributed by atoms with van der Waals surface area (Å²) in [6.07, 6.45) is 0.0435. The van der Waals surface area contributed by atoms with Crippen molar-refractivity contribution in [2.75, 3.05) is 18.4 Å². The maximum Gasteiger partial charge on any atom is 0.266 e. The second-order valence-corrected chi connectivity index (χ2v) is 7.34. The number of thiazole rings is 1. The molecule has 0 aromatic carbocycles. The molecule has 0 bridgehead atoms. The smallest absolute Gasteiger partial charge is 0.266 e. The zero-order valence-corrected chi connectivity index (χ0v) is 14.1. The number of morpholine rings is 1. The third-order valence-electron chi connectivity index (χ3n) is 3.04. The van der Waals surface area contributed by atoms with Crippen LogP contribution in [0.3, 0.4) is 0 Å². The van der Waals surface area contributed by atoms with Crippen molar-refractivity contribution in [3.05, 3.63) is 15.6 Å². The number of nitrogens with zero attached hydrogens (tertiary/aromatic N) is 2. The van der Waals surface area contributed by atoms with Crippen molar-refractivity contribution in [1.82, 2.24) is 9.88 Å². The molecule has 1 amide bonds. The van der Waals surface area contributed by atoms with Crippen LogP contribution in [0.2, 0.25) is 0 Å². The lowest BCUT2D eigenvalue weighted by Gasteiger charge is -2.42. The summed E-state index contributed by atoms with van der Waals surface area (Å²) in [6.45, 7) is 9.11. The van der Waals surface area contributed by atoms with Gasteiger partial charge in [-0.3, -0.25) is 4.79 Å². The minimum atomic E-state index is -0.306. The number of ether oxygens (including phenoxy) is 1. The third-order valence-corrected chi connectivity index (χ3v) is 4.82. The summed E-state index contributed by atoms with van der Waals surface area (Å²) in [6, 6.07) is 0. The van der Waals surface area contributed by atoms with Crippen LogP contribution in [0.5, 0.6) is 0 Å². The molecule has 1 fully saturated rings. The summed E-state index contributed by atoms with van der Waals surface area (Å²) in [4.78, 5) is 19.6. The van der Waals surface area contributed by atoms with E-state index in [1.807, 2.05) is 32.6 Å². The predicted octanol–water partition coefficient (Wildman–Crippen LogP) is 2.77. The topological polar surface area (TPSA) is 42.4 Å². The van der Waals surface area contributed by atoms with Gasteiger partial charge in [-0.2, -0.15) is 0 Å². The molecule has 0 N–H and O–H groups in total. The second-order valence-electron chi connectivity index (χ2n) is 5.49. The van der Waals surface area contributed by atoms with Gasteiger partial charge in [0.15, 0.2) is 0 Å².